The summed E-state index contributed by atoms with van der Waals surface area (Å²) in [4.78, 5) is 25.0. The first kappa shape index (κ1) is 19.3. The van der Waals surface area contributed by atoms with Crippen molar-refractivity contribution in [1.82, 2.24) is 0 Å². The molecule has 5 nitrogen and oxygen atoms in total. The van der Waals surface area contributed by atoms with Crippen LogP contribution in [0.4, 0.5) is 5.00 Å². The van der Waals surface area contributed by atoms with E-state index in [1.807, 2.05) is 16.8 Å². The maximum absolute atomic E-state index is 12.4. The molecule has 27 heavy (non-hydrogen) atoms. The molecule has 1 atom stereocenters. The fourth-order valence-corrected chi connectivity index (χ4v) is 4.51. The molecule has 0 saturated heterocycles. The number of carbonyl (C=O) groups excluding carboxylic acids is 2. The summed E-state index contributed by atoms with van der Waals surface area (Å²) in [5, 5.41) is 9.09. The van der Waals surface area contributed by atoms with Gasteiger partial charge >= 0.3 is 0 Å². The first-order chi connectivity index (χ1) is 13.1. The first-order valence-electron chi connectivity index (χ1n) is 8.71. The lowest BCUT2D eigenvalue weighted by atomic mass is 10.0. The maximum Gasteiger partial charge on any atom is 0.280 e. The van der Waals surface area contributed by atoms with Gasteiger partial charge in [0.2, 0.25) is 0 Å². The van der Waals surface area contributed by atoms with Gasteiger partial charge in [0, 0.05) is 5.56 Å². The predicted molar refractivity (Wildman–Crippen MR) is 110 cm³/mol. The zero-order chi connectivity index (χ0) is 19.2. The largest absolute Gasteiger partial charge is 0.366 e. The number of nitrogens with one attached hydrogen (secondary N) is 1. The molecular formula is C20H22N3O2S2+. The third-order valence-electron chi connectivity index (χ3n) is 4.32. The van der Waals surface area contributed by atoms with Gasteiger partial charge in [0.15, 0.2) is 6.54 Å². The zero-order valence-corrected chi connectivity index (χ0v) is 16.6. The van der Waals surface area contributed by atoms with E-state index in [-0.39, 0.29) is 18.5 Å². The Morgan fingerprint density at radius 2 is 1.89 bits per heavy atom. The summed E-state index contributed by atoms with van der Waals surface area (Å²) in [6.45, 7) is 2.38. The molecule has 2 aromatic heterocycles. The van der Waals surface area contributed by atoms with Crippen LogP contribution in [0, 0.1) is 0 Å². The summed E-state index contributed by atoms with van der Waals surface area (Å²) in [6, 6.07) is 14.3. The molecule has 0 fully saturated rings. The topological polar surface area (TPSA) is 88.8 Å². The quantitative estimate of drug-likeness (QED) is 0.543. The monoisotopic (exact) mass is 400 g/mol. The van der Waals surface area contributed by atoms with E-state index in [2.05, 4.69) is 42.6 Å². The van der Waals surface area contributed by atoms with Crippen molar-refractivity contribution in [2.75, 3.05) is 11.9 Å². The summed E-state index contributed by atoms with van der Waals surface area (Å²) < 4.78 is 0. The Bertz CT molecular complexity index is 902. The van der Waals surface area contributed by atoms with Crippen LogP contribution in [0.15, 0.2) is 53.2 Å². The lowest BCUT2D eigenvalue weighted by Crippen LogP contribution is -2.87. The van der Waals surface area contributed by atoms with Crippen LogP contribution < -0.4 is 16.4 Å². The lowest BCUT2D eigenvalue weighted by molar-refractivity contribution is -0.675. The number of aryl methyl sites for hydroxylation is 1. The van der Waals surface area contributed by atoms with E-state index in [1.54, 1.807) is 22.8 Å². The average Bonchev–Trinajstić information content (AvgIpc) is 3.34. The van der Waals surface area contributed by atoms with Gasteiger partial charge in [-0.3, -0.25) is 9.59 Å². The van der Waals surface area contributed by atoms with Crippen molar-refractivity contribution in [2.45, 2.75) is 19.4 Å². The van der Waals surface area contributed by atoms with E-state index in [0.717, 1.165) is 12.0 Å². The molecule has 3 aromatic rings. The third kappa shape index (κ3) is 4.82. The van der Waals surface area contributed by atoms with Crippen molar-refractivity contribution in [3.05, 3.63) is 74.8 Å². The van der Waals surface area contributed by atoms with Crippen molar-refractivity contribution in [2.24, 2.45) is 5.73 Å². The SMILES string of the molecule is CCc1ccc([C@@H]([NH2+]CC(=O)Nc2sccc2C(N)=O)c2cccs2)cc1. The van der Waals surface area contributed by atoms with Crippen molar-refractivity contribution < 1.29 is 14.9 Å². The van der Waals surface area contributed by atoms with E-state index in [9.17, 15) is 9.59 Å². The number of primary amides is 1. The predicted octanol–water partition coefficient (Wildman–Crippen LogP) is 2.76. The highest BCUT2D eigenvalue weighted by Crippen LogP contribution is 2.24. The van der Waals surface area contributed by atoms with E-state index >= 15 is 0 Å². The number of hydrogen-bond acceptors (Lipinski definition) is 4. The molecule has 140 valence electrons. The second kappa shape index (κ2) is 8.94. The van der Waals surface area contributed by atoms with Gasteiger partial charge in [0.1, 0.15) is 11.0 Å². The first-order valence-corrected chi connectivity index (χ1v) is 10.5. The molecule has 0 spiro atoms. The molecule has 1 aromatic carbocycles. The van der Waals surface area contributed by atoms with Crippen LogP contribution in [-0.4, -0.2) is 18.4 Å². The van der Waals surface area contributed by atoms with Crippen LogP contribution in [-0.2, 0) is 11.2 Å². The summed E-state index contributed by atoms with van der Waals surface area (Å²) >= 11 is 2.97. The van der Waals surface area contributed by atoms with Crippen LogP contribution in [0.2, 0.25) is 0 Å². The summed E-state index contributed by atoms with van der Waals surface area (Å²) in [6.07, 6.45) is 0.999. The second-order valence-electron chi connectivity index (χ2n) is 6.10. The van der Waals surface area contributed by atoms with Gasteiger partial charge in [0.05, 0.1) is 10.4 Å². The van der Waals surface area contributed by atoms with Gasteiger partial charge in [-0.15, -0.1) is 22.7 Å². The molecule has 0 saturated carbocycles. The van der Waals surface area contributed by atoms with Gasteiger partial charge in [-0.05, 0) is 34.9 Å². The van der Waals surface area contributed by atoms with Crippen LogP contribution in [0.5, 0.6) is 0 Å². The Hall–Kier alpha value is -2.48. The molecule has 0 aliphatic carbocycles. The fraction of sp³-hybridized carbons (Fsp3) is 0.200. The molecule has 0 unspecified atom stereocenters. The minimum absolute atomic E-state index is 0.0561. The van der Waals surface area contributed by atoms with Crippen molar-refractivity contribution >= 4 is 39.5 Å². The molecule has 0 bridgehead atoms. The smallest absolute Gasteiger partial charge is 0.280 e. The molecule has 7 heteroatoms. The van der Waals surface area contributed by atoms with Crippen molar-refractivity contribution in [3.8, 4) is 0 Å². The Labute approximate surface area is 166 Å². The Morgan fingerprint density at radius 1 is 1.11 bits per heavy atom. The number of carbonyl (C=O) groups is 2. The molecule has 5 N–H and O–H groups in total. The highest BCUT2D eigenvalue weighted by atomic mass is 32.1. The highest BCUT2D eigenvalue weighted by molar-refractivity contribution is 7.14. The molecule has 2 heterocycles. The maximum atomic E-state index is 12.4. The Kier molecular flexibility index (Phi) is 6.39. The van der Waals surface area contributed by atoms with E-state index in [0.29, 0.717) is 10.6 Å². The molecule has 2 amide bonds. The number of nitrogens with two attached hydrogens (primary N) is 2. The molecule has 0 radical (unpaired) electrons. The molecule has 3 rings (SSSR count). The van der Waals surface area contributed by atoms with Gasteiger partial charge in [-0.2, -0.15) is 0 Å². The lowest BCUT2D eigenvalue weighted by Gasteiger charge is -2.15. The number of hydrogen-bond donors (Lipinski definition) is 3. The highest BCUT2D eigenvalue weighted by Gasteiger charge is 2.21. The summed E-state index contributed by atoms with van der Waals surface area (Å²) in [7, 11) is 0. The minimum atomic E-state index is -0.539. The third-order valence-corrected chi connectivity index (χ3v) is 6.10. The minimum Gasteiger partial charge on any atom is -0.366 e. The normalized spacial score (nSPS) is 11.9. The molecule has 0 aliphatic heterocycles. The number of thiophene rings is 2. The molecular weight excluding hydrogens is 378 g/mol. The van der Waals surface area contributed by atoms with Gasteiger partial charge in [-0.1, -0.05) is 37.3 Å². The van der Waals surface area contributed by atoms with Crippen LogP contribution in [0.25, 0.3) is 0 Å². The molecule has 0 aliphatic rings. The van der Waals surface area contributed by atoms with Gasteiger partial charge < -0.3 is 16.4 Å². The van der Waals surface area contributed by atoms with Gasteiger partial charge in [0.25, 0.3) is 11.8 Å². The van der Waals surface area contributed by atoms with Crippen LogP contribution in [0.1, 0.15) is 39.3 Å². The number of benzene rings is 1. The Balaban J connectivity index is 1.70. The van der Waals surface area contributed by atoms with E-state index in [4.69, 9.17) is 5.73 Å². The van der Waals surface area contributed by atoms with Crippen molar-refractivity contribution in [3.63, 3.8) is 0 Å². The fourth-order valence-electron chi connectivity index (χ4n) is 2.85. The number of rotatable bonds is 8. The van der Waals surface area contributed by atoms with Crippen LogP contribution in [0.3, 0.4) is 0 Å². The average molecular weight is 401 g/mol. The van der Waals surface area contributed by atoms with E-state index in [1.165, 1.54) is 21.8 Å². The Morgan fingerprint density at radius 3 is 2.52 bits per heavy atom. The number of amides is 2. The van der Waals surface area contributed by atoms with Crippen LogP contribution >= 0.6 is 22.7 Å². The van der Waals surface area contributed by atoms with E-state index < -0.39 is 5.91 Å². The standard InChI is InChI=1S/C20H21N3O2S2/c1-2-13-5-7-14(8-6-13)18(16-4-3-10-26-16)22-12-17(24)23-20-15(19(21)25)9-11-27-20/h3-11,18,22H,2,12H2,1H3,(H2,21,25)(H,23,24)/p+1/t18-/m1/s1. The second-order valence-corrected chi connectivity index (χ2v) is 8.00. The van der Waals surface area contributed by atoms with Crippen molar-refractivity contribution in [1.29, 1.82) is 0 Å². The number of quaternary nitrogens is 1. The zero-order valence-electron chi connectivity index (χ0n) is 15.0. The number of anilines is 1. The summed E-state index contributed by atoms with van der Waals surface area (Å²) in [5.41, 5.74) is 8.13. The summed E-state index contributed by atoms with van der Waals surface area (Å²) in [5.74, 6) is -0.699. The van der Waals surface area contributed by atoms with Gasteiger partial charge in [-0.25, -0.2) is 0 Å².